The minimum absolute atomic E-state index is 0.0304. The van der Waals surface area contributed by atoms with Crippen LogP contribution in [0.25, 0.3) is 10.8 Å². The van der Waals surface area contributed by atoms with Crippen molar-refractivity contribution in [2.45, 2.75) is 13.3 Å². The van der Waals surface area contributed by atoms with Crippen molar-refractivity contribution in [3.8, 4) is 11.5 Å². The van der Waals surface area contributed by atoms with E-state index in [1.54, 1.807) is 6.20 Å². The first kappa shape index (κ1) is 13.5. The van der Waals surface area contributed by atoms with Crippen LogP contribution in [0.3, 0.4) is 0 Å². The van der Waals surface area contributed by atoms with Crippen molar-refractivity contribution in [2.24, 2.45) is 0 Å². The molecular formula is C15H17N3O3. The molecule has 1 aliphatic heterocycles. The van der Waals surface area contributed by atoms with E-state index in [-0.39, 0.29) is 12.7 Å². The SMILES string of the molecule is CCNC(=O)CCNc1nccc2cc3c(cc12)OCO3. The van der Waals surface area contributed by atoms with Gasteiger partial charge in [-0.1, -0.05) is 0 Å². The van der Waals surface area contributed by atoms with E-state index >= 15 is 0 Å². The second kappa shape index (κ2) is 5.87. The third-order valence-corrected chi connectivity index (χ3v) is 3.28. The van der Waals surface area contributed by atoms with Crippen LogP contribution in [-0.2, 0) is 4.79 Å². The highest BCUT2D eigenvalue weighted by Crippen LogP contribution is 2.37. The Morgan fingerprint density at radius 1 is 1.33 bits per heavy atom. The van der Waals surface area contributed by atoms with Gasteiger partial charge in [0.2, 0.25) is 12.7 Å². The van der Waals surface area contributed by atoms with Gasteiger partial charge in [-0.3, -0.25) is 4.79 Å². The van der Waals surface area contributed by atoms with Gasteiger partial charge in [0.1, 0.15) is 5.82 Å². The Balaban J connectivity index is 1.77. The third kappa shape index (κ3) is 2.84. The van der Waals surface area contributed by atoms with Crippen LogP contribution in [0.4, 0.5) is 5.82 Å². The number of fused-ring (bicyclic) bond motifs is 2. The van der Waals surface area contributed by atoms with Crippen molar-refractivity contribution in [1.29, 1.82) is 0 Å². The number of hydrogen-bond donors (Lipinski definition) is 2. The van der Waals surface area contributed by atoms with Gasteiger partial charge in [-0.2, -0.15) is 0 Å². The minimum Gasteiger partial charge on any atom is -0.454 e. The van der Waals surface area contributed by atoms with E-state index in [9.17, 15) is 4.79 Å². The molecule has 2 heterocycles. The Bertz CT molecular complexity index is 673. The maximum Gasteiger partial charge on any atom is 0.231 e. The van der Waals surface area contributed by atoms with Gasteiger partial charge in [-0.15, -0.1) is 0 Å². The molecule has 0 radical (unpaired) electrons. The van der Waals surface area contributed by atoms with Gasteiger partial charge in [0.25, 0.3) is 0 Å². The molecule has 0 saturated heterocycles. The number of amides is 1. The highest BCUT2D eigenvalue weighted by atomic mass is 16.7. The Labute approximate surface area is 122 Å². The number of pyridine rings is 1. The summed E-state index contributed by atoms with van der Waals surface area (Å²) in [6.45, 7) is 3.33. The van der Waals surface area contributed by atoms with Crippen molar-refractivity contribution in [1.82, 2.24) is 10.3 Å². The number of nitrogens with zero attached hydrogens (tertiary/aromatic N) is 1. The van der Waals surface area contributed by atoms with Crippen LogP contribution in [0.2, 0.25) is 0 Å². The highest BCUT2D eigenvalue weighted by Gasteiger charge is 2.15. The summed E-state index contributed by atoms with van der Waals surface area (Å²) in [4.78, 5) is 15.8. The van der Waals surface area contributed by atoms with Crippen molar-refractivity contribution in [3.63, 3.8) is 0 Å². The summed E-state index contributed by atoms with van der Waals surface area (Å²) in [7, 11) is 0. The molecule has 1 aliphatic rings. The Morgan fingerprint density at radius 2 is 2.14 bits per heavy atom. The number of carbonyl (C=O) groups excluding carboxylic acids is 1. The molecule has 0 saturated carbocycles. The number of carbonyl (C=O) groups is 1. The van der Waals surface area contributed by atoms with E-state index in [4.69, 9.17) is 9.47 Å². The topological polar surface area (TPSA) is 72.5 Å². The molecular weight excluding hydrogens is 270 g/mol. The van der Waals surface area contributed by atoms with Crippen LogP contribution < -0.4 is 20.1 Å². The van der Waals surface area contributed by atoms with E-state index in [1.807, 2.05) is 25.1 Å². The van der Waals surface area contributed by atoms with E-state index in [2.05, 4.69) is 15.6 Å². The van der Waals surface area contributed by atoms with Crippen molar-refractivity contribution < 1.29 is 14.3 Å². The second-order valence-corrected chi connectivity index (χ2v) is 4.72. The van der Waals surface area contributed by atoms with Gasteiger partial charge >= 0.3 is 0 Å². The number of ether oxygens (including phenoxy) is 2. The Morgan fingerprint density at radius 3 is 2.95 bits per heavy atom. The molecule has 1 aromatic carbocycles. The van der Waals surface area contributed by atoms with Crippen LogP contribution in [0.1, 0.15) is 13.3 Å². The van der Waals surface area contributed by atoms with Crippen LogP contribution >= 0.6 is 0 Å². The molecule has 1 aromatic heterocycles. The number of aromatic nitrogens is 1. The lowest BCUT2D eigenvalue weighted by atomic mass is 10.1. The summed E-state index contributed by atoms with van der Waals surface area (Å²) in [5.41, 5.74) is 0. The second-order valence-electron chi connectivity index (χ2n) is 4.72. The first-order valence-corrected chi connectivity index (χ1v) is 6.97. The zero-order chi connectivity index (χ0) is 14.7. The summed E-state index contributed by atoms with van der Waals surface area (Å²) in [5, 5.41) is 7.95. The first-order chi connectivity index (χ1) is 10.3. The Hall–Kier alpha value is -2.50. The molecule has 6 nitrogen and oxygen atoms in total. The number of benzene rings is 1. The first-order valence-electron chi connectivity index (χ1n) is 6.97. The number of hydrogen-bond acceptors (Lipinski definition) is 5. The molecule has 0 unspecified atom stereocenters. The molecule has 1 amide bonds. The monoisotopic (exact) mass is 287 g/mol. The lowest BCUT2D eigenvalue weighted by Gasteiger charge is -2.09. The van der Waals surface area contributed by atoms with Crippen LogP contribution in [0, 0.1) is 0 Å². The van der Waals surface area contributed by atoms with Gasteiger partial charge < -0.3 is 20.1 Å². The smallest absolute Gasteiger partial charge is 0.231 e. The quantitative estimate of drug-likeness (QED) is 0.878. The molecule has 0 aliphatic carbocycles. The van der Waals surface area contributed by atoms with Crippen LogP contribution in [0.5, 0.6) is 11.5 Å². The molecule has 0 fully saturated rings. The summed E-state index contributed by atoms with van der Waals surface area (Å²) >= 11 is 0. The molecule has 110 valence electrons. The van der Waals surface area contributed by atoms with Crippen molar-refractivity contribution >= 4 is 22.5 Å². The van der Waals surface area contributed by atoms with Gasteiger partial charge in [-0.05, 0) is 30.5 Å². The Kier molecular flexibility index (Phi) is 3.77. The average Bonchev–Trinajstić information content (AvgIpc) is 2.93. The highest BCUT2D eigenvalue weighted by molar-refractivity contribution is 5.94. The van der Waals surface area contributed by atoms with Crippen molar-refractivity contribution in [2.75, 3.05) is 25.2 Å². The largest absolute Gasteiger partial charge is 0.454 e. The maximum atomic E-state index is 11.4. The fourth-order valence-electron chi connectivity index (χ4n) is 2.28. The van der Waals surface area contributed by atoms with Crippen LogP contribution in [0.15, 0.2) is 24.4 Å². The third-order valence-electron chi connectivity index (χ3n) is 3.28. The van der Waals surface area contributed by atoms with Gasteiger partial charge in [0, 0.05) is 31.1 Å². The molecule has 2 N–H and O–H groups in total. The number of rotatable bonds is 5. The fraction of sp³-hybridized carbons (Fsp3) is 0.333. The van der Waals surface area contributed by atoms with Gasteiger partial charge in [0.15, 0.2) is 11.5 Å². The molecule has 21 heavy (non-hydrogen) atoms. The van der Waals surface area contributed by atoms with Gasteiger partial charge in [-0.25, -0.2) is 4.98 Å². The summed E-state index contributed by atoms with van der Waals surface area (Å²) in [6, 6.07) is 5.78. The lowest BCUT2D eigenvalue weighted by molar-refractivity contribution is -0.120. The molecule has 0 bridgehead atoms. The molecule has 2 aromatic rings. The van der Waals surface area contributed by atoms with E-state index in [0.29, 0.717) is 19.5 Å². The van der Waals surface area contributed by atoms with E-state index < -0.39 is 0 Å². The standard InChI is InChI=1S/C15H17N3O3/c1-2-16-14(19)4-6-18-15-11-8-13-12(20-9-21-13)7-10(11)3-5-17-15/h3,5,7-8H,2,4,6,9H2,1H3,(H,16,19)(H,17,18). The average molecular weight is 287 g/mol. The minimum atomic E-state index is 0.0304. The number of anilines is 1. The number of nitrogens with one attached hydrogen (secondary N) is 2. The summed E-state index contributed by atoms with van der Waals surface area (Å²) in [5.74, 6) is 2.25. The van der Waals surface area contributed by atoms with Crippen molar-refractivity contribution in [3.05, 3.63) is 24.4 Å². The summed E-state index contributed by atoms with van der Waals surface area (Å²) < 4.78 is 10.8. The lowest BCUT2D eigenvalue weighted by Crippen LogP contribution is -2.24. The van der Waals surface area contributed by atoms with Crippen LogP contribution in [-0.4, -0.2) is 30.8 Å². The molecule has 0 spiro atoms. The zero-order valence-corrected chi connectivity index (χ0v) is 11.8. The van der Waals surface area contributed by atoms with E-state index in [0.717, 1.165) is 28.1 Å². The molecule has 6 heteroatoms. The molecule has 3 rings (SSSR count). The fourth-order valence-corrected chi connectivity index (χ4v) is 2.28. The van der Waals surface area contributed by atoms with Gasteiger partial charge in [0.05, 0.1) is 0 Å². The van der Waals surface area contributed by atoms with E-state index in [1.165, 1.54) is 0 Å². The predicted octanol–water partition coefficient (Wildman–Crippen LogP) is 1.90. The maximum absolute atomic E-state index is 11.4. The predicted molar refractivity (Wildman–Crippen MR) is 79.7 cm³/mol. The normalized spacial score (nSPS) is 12.4. The zero-order valence-electron chi connectivity index (χ0n) is 11.8. The molecule has 0 atom stereocenters. The summed E-state index contributed by atoms with van der Waals surface area (Å²) in [6.07, 6.45) is 2.15.